The van der Waals surface area contributed by atoms with Gasteiger partial charge in [-0.2, -0.15) is 0 Å². The molecule has 0 aliphatic carbocycles. The van der Waals surface area contributed by atoms with E-state index in [4.69, 9.17) is 9.84 Å². The third-order valence-corrected chi connectivity index (χ3v) is 3.08. The number of nitrogens with zero attached hydrogens (tertiary/aromatic N) is 1. The van der Waals surface area contributed by atoms with Gasteiger partial charge in [0.1, 0.15) is 11.5 Å². The number of ether oxygens (including phenoxy) is 1. The summed E-state index contributed by atoms with van der Waals surface area (Å²) in [6.45, 7) is 0.464. The third-order valence-electron chi connectivity index (χ3n) is 3.08. The Hall–Kier alpha value is -3.02. The molecular formula is C16H15NO5. The van der Waals surface area contributed by atoms with E-state index >= 15 is 0 Å². The van der Waals surface area contributed by atoms with E-state index in [1.807, 2.05) is 24.3 Å². The lowest BCUT2D eigenvalue weighted by Crippen LogP contribution is -2.10. The topological polar surface area (TPSA) is 88.8 Å². The molecule has 22 heavy (non-hydrogen) atoms. The number of aliphatic hydroxyl groups excluding tert-OH is 1. The van der Waals surface area contributed by atoms with E-state index < -0.39 is 11.8 Å². The normalized spacial score (nSPS) is 11.2. The Bertz CT molecular complexity index is 712. The molecule has 0 saturated heterocycles. The summed E-state index contributed by atoms with van der Waals surface area (Å²) in [7, 11) is 1.58. The van der Waals surface area contributed by atoms with Crippen molar-refractivity contribution in [2.24, 2.45) is 0 Å². The van der Waals surface area contributed by atoms with Crippen LogP contribution in [0.15, 0.2) is 48.7 Å². The van der Waals surface area contributed by atoms with Gasteiger partial charge in [0.25, 0.3) is 5.78 Å². The van der Waals surface area contributed by atoms with Crippen molar-refractivity contribution in [3.8, 4) is 5.75 Å². The molecule has 1 aromatic carbocycles. The lowest BCUT2D eigenvalue weighted by atomic mass is 10.2. The quantitative estimate of drug-likeness (QED) is 0.484. The molecule has 114 valence electrons. The highest BCUT2D eigenvalue weighted by molar-refractivity contribution is 6.38. The molecule has 0 spiro atoms. The van der Waals surface area contributed by atoms with Crippen LogP contribution in [0.5, 0.6) is 5.75 Å². The Morgan fingerprint density at radius 2 is 1.86 bits per heavy atom. The molecule has 0 fully saturated rings. The Morgan fingerprint density at radius 1 is 1.18 bits per heavy atom. The molecule has 0 radical (unpaired) electrons. The van der Waals surface area contributed by atoms with Crippen molar-refractivity contribution in [2.45, 2.75) is 6.54 Å². The van der Waals surface area contributed by atoms with E-state index in [1.54, 1.807) is 30.0 Å². The minimum absolute atomic E-state index is 0.366. The van der Waals surface area contributed by atoms with Crippen LogP contribution < -0.4 is 4.74 Å². The summed E-state index contributed by atoms with van der Waals surface area (Å²) in [6, 6.07) is 10.7. The van der Waals surface area contributed by atoms with Gasteiger partial charge in [0, 0.05) is 18.8 Å². The van der Waals surface area contributed by atoms with Crippen molar-refractivity contribution in [2.75, 3.05) is 7.11 Å². The summed E-state index contributed by atoms with van der Waals surface area (Å²) in [5.74, 6) is -2.42. The van der Waals surface area contributed by atoms with Crippen LogP contribution in [-0.4, -0.2) is 33.6 Å². The lowest BCUT2D eigenvalue weighted by molar-refractivity contribution is -0.146. The number of carboxylic acid groups (broad SMARTS) is 1. The summed E-state index contributed by atoms with van der Waals surface area (Å²) < 4.78 is 6.79. The number of aromatic nitrogens is 1. The molecule has 2 rings (SSSR count). The van der Waals surface area contributed by atoms with Crippen molar-refractivity contribution in [1.82, 2.24) is 4.57 Å². The van der Waals surface area contributed by atoms with Gasteiger partial charge in [0.2, 0.25) is 0 Å². The predicted octanol–water partition coefficient (Wildman–Crippen LogP) is 2.10. The molecule has 0 aliphatic heterocycles. The van der Waals surface area contributed by atoms with Crippen LogP contribution in [0.1, 0.15) is 11.3 Å². The van der Waals surface area contributed by atoms with E-state index in [1.165, 1.54) is 0 Å². The Balaban J connectivity index is 2.21. The number of ketones is 1. The van der Waals surface area contributed by atoms with E-state index in [0.717, 1.165) is 11.3 Å². The van der Waals surface area contributed by atoms with Crippen molar-refractivity contribution < 1.29 is 24.5 Å². The van der Waals surface area contributed by atoms with Crippen LogP contribution in [0, 0.1) is 0 Å². The number of methoxy groups -OCH3 is 1. The van der Waals surface area contributed by atoms with Crippen molar-refractivity contribution in [1.29, 1.82) is 0 Å². The molecular weight excluding hydrogens is 286 g/mol. The first-order valence-corrected chi connectivity index (χ1v) is 6.47. The number of carboxylic acids is 1. The smallest absolute Gasteiger partial charge is 0.376 e. The fourth-order valence-electron chi connectivity index (χ4n) is 1.97. The largest absolute Gasteiger partial charge is 0.506 e. The molecule has 0 amide bonds. The SMILES string of the molecule is COc1ccc(Cn2cccc2C(O)=CC(=O)C(=O)O)cc1. The zero-order valence-corrected chi connectivity index (χ0v) is 11.9. The minimum Gasteiger partial charge on any atom is -0.506 e. The van der Waals surface area contributed by atoms with Gasteiger partial charge in [0.15, 0.2) is 0 Å². The van der Waals surface area contributed by atoms with Crippen LogP contribution in [0.4, 0.5) is 0 Å². The lowest BCUT2D eigenvalue weighted by Gasteiger charge is -2.09. The monoisotopic (exact) mass is 301 g/mol. The molecule has 1 aromatic heterocycles. The zero-order valence-electron chi connectivity index (χ0n) is 11.9. The summed E-state index contributed by atoms with van der Waals surface area (Å²) in [6.07, 6.45) is 2.43. The molecule has 0 bridgehead atoms. The number of carbonyl (C=O) groups is 2. The van der Waals surface area contributed by atoms with Gasteiger partial charge in [-0.1, -0.05) is 12.1 Å². The molecule has 0 atom stereocenters. The second kappa shape index (κ2) is 6.62. The highest BCUT2D eigenvalue weighted by Gasteiger charge is 2.13. The number of aliphatic hydroxyl groups is 1. The predicted molar refractivity (Wildman–Crippen MR) is 79.8 cm³/mol. The average molecular weight is 301 g/mol. The van der Waals surface area contributed by atoms with E-state index in [2.05, 4.69) is 0 Å². The first kappa shape index (κ1) is 15.4. The van der Waals surface area contributed by atoms with E-state index in [-0.39, 0.29) is 5.76 Å². The second-order valence-electron chi connectivity index (χ2n) is 4.57. The van der Waals surface area contributed by atoms with Crippen LogP contribution >= 0.6 is 0 Å². The minimum atomic E-state index is -1.61. The third kappa shape index (κ3) is 3.54. The van der Waals surface area contributed by atoms with Gasteiger partial charge in [-0.15, -0.1) is 0 Å². The number of hydrogen-bond acceptors (Lipinski definition) is 4. The van der Waals surface area contributed by atoms with Gasteiger partial charge in [-0.05, 0) is 29.8 Å². The molecule has 2 N–H and O–H groups in total. The van der Waals surface area contributed by atoms with Gasteiger partial charge in [-0.3, -0.25) is 4.79 Å². The van der Waals surface area contributed by atoms with Gasteiger partial charge < -0.3 is 19.5 Å². The molecule has 0 saturated carbocycles. The first-order valence-electron chi connectivity index (χ1n) is 6.47. The Morgan fingerprint density at radius 3 is 2.45 bits per heavy atom. The summed E-state index contributed by atoms with van der Waals surface area (Å²) in [5.41, 5.74) is 1.33. The molecule has 2 aromatic rings. The summed E-state index contributed by atoms with van der Waals surface area (Å²) >= 11 is 0. The number of aliphatic carboxylic acids is 1. The number of benzene rings is 1. The summed E-state index contributed by atoms with van der Waals surface area (Å²) in [4.78, 5) is 21.6. The maximum Gasteiger partial charge on any atom is 0.376 e. The zero-order chi connectivity index (χ0) is 16.1. The van der Waals surface area contributed by atoms with Gasteiger partial charge in [-0.25, -0.2) is 4.79 Å². The van der Waals surface area contributed by atoms with Crippen molar-refractivity contribution in [3.05, 3.63) is 59.9 Å². The van der Waals surface area contributed by atoms with Crippen LogP contribution in [-0.2, 0) is 16.1 Å². The maximum absolute atomic E-state index is 11.1. The highest BCUT2D eigenvalue weighted by atomic mass is 16.5. The first-order chi connectivity index (χ1) is 10.5. The standard InChI is InChI=1S/C16H15NO5/c1-22-12-6-4-11(5-7-12)10-17-8-2-3-13(17)14(18)9-15(19)16(20)21/h2-9,18H,10H2,1H3,(H,20,21). The molecule has 6 nitrogen and oxygen atoms in total. The molecule has 1 heterocycles. The van der Waals surface area contributed by atoms with Crippen LogP contribution in [0.2, 0.25) is 0 Å². The Labute approximate surface area is 126 Å². The van der Waals surface area contributed by atoms with Crippen LogP contribution in [0.25, 0.3) is 5.76 Å². The molecule has 0 unspecified atom stereocenters. The maximum atomic E-state index is 11.1. The Kier molecular flexibility index (Phi) is 4.63. The van der Waals surface area contributed by atoms with E-state index in [9.17, 15) is 14.7 Å². The molecule has 6 heteroatoms. The number of hydrogen-bond donors (Lipinski definition) is 2. The fraction of sp³-hybridized carbons (Fsp3) is 0.125. The number of carbonyl (C=O) groups excluding carboxylic acids is 1. The van der Waals surface area contributed by atoms with Gasteiger partial charge in [0.05, 0.1) is 12.8 Å². The summed E-state index contributed by atoms with van der Waals surface area (Å²) in [5, 5.41) is 18.5. The average Bonchev–Trinajstić information content (AvgIpc) is 2.96. The second-order valence-corrected chi connectivity index (χ2v) is 4.57. The highest BCUT2D eigenvalue weighted by Crippen LogP contribution is 2.17. The number of rotatable bonds is 6. The van der Waals surface area contributed by atoms with Crippen LogP contribution in [0.3, 0.4) is 0 Å². The fourth-order valence-corrected chi connectivity index (χ4v) is 1.97. The van der Waals surface area contributed by atoms with Gasteiger partial charge >= 0.3 is 5.97 Å². The van der Waals surface area contributed by atoms with Crippen molar-refractivity contribution >= 4 is 17.5 Å². The van der Waals surface area contributed by atoms with E-state index in [0.29, 0.717) is 18.3 Å². The molecule has 0 aliphatic rings. The van der Waals surface area contributed by atoms with Crippen molar-refractivity contribution in [3.63, 3.8) is 0 Å².